The lowest BCUT2D eigenvalue weighted by Gasteiger charge is -2.38. The van der Waals surface area contributed by atoms with Gasteiger partial charge in [-0.15, -0.1) is 0 Å². The third-order valence-electron chi connectivity index (χ3n) is 7.64. The van der Waals surface area contributed by atoms with Crippen molar-refractivity contribution in [3.8, 4) is 22.9 Å². The maximum absolute atomic E-state index is 15.2. The van der Waals surface area contributed by atoms with Gasteiger partial charge in [-0.1, -0.05) is 24.3 Å². The molecule has 0 saturated carbocycles. The van der Waals surface area contributed by atoms with E-state index in [9.17, 15) is 9.90 Å². The molecular formula is C32H36FN7O4. The first-order valence-corrected chi connectivity index (χ1v) is 14.3. The van der Waals surface area contributed by atoms with Gasteiger partial charge < -0.3 is 24.4 Å². The Kier molecular flexibility index (Phi) is 9.49. The number of benzene rings is 2. The standard InChI is InChI=1S/C32H36FN7O4/c1-21-17-39(32(41)42)14-13-38(21)20-25-15-28(29(33)34-16-25)30-35-22(2)36-31(37-30)40(18-23-5-9-26(43-3)10-6-23)19-24-7-11-27(44-4)12-8-24/h5-12,15-16,21H,13-14,17-20H2,1-4H3,(H,41,42). The zero-order valence-electron chi connectivity index (χ0n) is 25.3. The number of pyridine rings is 1. The van der Waals surface area contributed by atoms with Gasteiger partial charge in [0.2, 0.25) is 11.9 Å². The number of piperazine rings is 1. The van der Waals surface area contributed by atoms with Gasteiger partial charge in [0.05, 0.1) is 19.8 Å². The van der Waals surface area contributed by atoms with Crippen LogP contribution in [0.25, 0.3) is 11.4 Å². The Morgan fingerprint density at radius 3 is 2.11 bits per heavy atom. The van der Waals surface area contributed by atoms with Gasteiger partial charge in [-0.2, -0.15) is 14.4 Å². The molecule has 0 spiro atoms. The highest BCUT2D eigenvalue weighted by atomic mass is 19.1. The highest BCUT2D eigenvalue weighted by molar-refractivity contribution is 5.65. The monoisotopic (exact) mass is 601 g/mol. The third-order valence-corrected chi connectivity index (χ3v) is 7.64. The molecular weight excluding hydrogens is 565 g/mol. The molecule has 12 heteroatoms. The fourth-order valence-corrected chi connectivity index (χ4v) is 5.20. The number of aryl methyl sites for hydroxylation is 1. The smallest absolute Gasteiger partial charge is 0.407 e. The molecule has 1 aliphatic rings. The van der Waals surface area contributed by atoms with E-state index in [1.807, 2.05) is 60.4 Å². The zero-order chi connectivity index (χ0) is 31.2. The van der Waals surface area contributed by atoms with Crippen molar-refractivity contribution in [3.05, 3.63) is 89.3 Å². The number of anilines is 1. The lowest BCUT2D eigenvalue weighted by atomic mass is 10.1. The Hall–Kier alpha value is -4.84. The summed E-state index contributed by atoms with van der Waals surface area (Å²) >= 11 is 0. The molecule has 1 fully saturated rings. The number of aromatic nitrogens is 4. The van der Waals surface area contributed by atoms with E-state index < -0.39 is 12.0 Å². The molecule has 44 heavy (non-hydrogen) atoms. The van der Waals surface area contributed by atoms with E-state index in [2.05, 4.69) is 19.9 Å². The van der Waals surface area contributed by atoms with Gasteiger partial charge in [0, 0.05) is 51.5 Å². The summed E-state index contributed by atoms with van der Waals surface area (Å²) in [5.41, 5.74) is 3.00. The van der Waals surface area contributed by atoms with Gasteiger partial charge in [0.1, 0.15) is 17.3 Å². The van der Waals surface area contributed by atoms with Crippen molar-refractivity contribution in [1.29, 1.82) is 0 Å². The van der Waals surface area contributed by atoms with Crippen molar-refractivity contribution in [1.82, 2.24) is 29.7 Å². The molecule has 1 aliphatic heterocycles. The first-order chi connectivity index (χ1) is 21.2. The quantitative estimate of drug-likeness (QED) is 0.254. The molecule has 4 aromatic rings. The van der Waals surface area contributed by atoms with Gasteiger partial charge in [0.25, 0.3) is 0 Å². The number of hydrogen-bond acceptors (Lipinski definition) is 9. The first kappa shape index (κ1) is 30.6. The molecule has 1 unspecified atom stereocenters. The number of carbonyl (C=O) groups is 1. The topological polar surface area (TPSA) is 117 Å². The molecule has 1 amide bonds. The van der Waals surface area contributed by atoms with E-state index in [1.54, 1.807) is 27.2 Å². The Morgan fingerprint density at radius 2 is 1.57 bits per heavy atom. The largest absolute Gasteiger partial charge is 0.497 e. The van der Waals surface area contributed by atoms with Crippen molar-refractivity contribution < 1.29 is 23.8 Å². The second-order valence-corrected chi connectivity index (χ2v) is 10.8. The Balaban J connectivity index is 1.44. The summed E-state index contributed by atoms with van der Waals surface area (Å²) in [5, 5.41) is 9.34. The molecule has 2 aromatic heterocycles. The summed E-state index contributed by atoms with van der Waals surface area (Å²) in [6, 6.07) is 17.3. The van der Waals surface area contributed by atoms with Gasteiger partial charge >= 0.3 is 6.09 Å². The van der Waals surface area contributed by atoms with Crippen molar-refractivity contribution in [2.24, 2.45) is 0 Å². The molecule has 0 bridgehead atoms. The van der Waals surface area contributed by atoms with Crippen LogP contribution in [0, 0.1) is 12.9 Å². The van der Waals surface area contributed by atoms with E-state index >= 15 is 4.39 Å². The van der Waals surface area contributed by atoms with Crippen LogP contribution < -0.4 is 14.4 Å². The molecule has 3 heterocycles. The number of amides is 1. The number of hydrogen-bond donors (Lipinski definition) is 1. The lowest BCUT2D eigenvalue weighted by Crippen LogP contribution is -2.52. The number of methoxy groups -OCH3 is 2. The molecule has 230 valence electrons. The van der Waals surface area contributed by atoms with Crippen LogP contribution >= 0.6 is 0 Å². The van der Waals surface area contributed by atoms with E-state index in [1.165, 1.54) is 11.1 Å². The van der Waals surface area contributed by atoms with Crippen LogP contribution in [0.1, 0.15) is 29.4 Å². The lowest BCUT2D eigenvalue weighted by molar-refractivity contribution is 0.0711. The van der Waals surface area contributed by atoms with E-state index in [-0.39, 0.29) is 17.4 Å². The fourth-order valence-electron chi connectivity index (χ4n) is 5.20. The summed E-state index contributed by atoms with van der Waals surface area (Å²) in [6.45, 7) is 6.59. The highest BCUT2D eigenvalue weighted by Gasteiger charge is 2.27. The van der Waals surface area contributed by atoms with Crippen molar-refractivity contribution >= 4 is 12.0 Å². The van der Waals surface area contributed by atoms with Crippen LogP contribution in [0.5, 0.6) is 11.5 Å². The van der Waals surface area contributed by atoms with Crippen LogP contribution in [0.4, 0.5) is 15.1 Å². The molecule has 11 nitrogen and oxygen atoms in total. The minimum absolute atomic E-state index is 0.00356. The molecule has 0 radical (unpaired) electrons. The zero-order valence-corrected chi connectivity index (χ0v) is 25.3. The van der Waals surface area contributed by atoms with Crippen molar-refractivity contribution in [3.63, 3.8) is 0 Å². The molecule has 1 atom stereocenters. The van der Waals surface area contributed by atoms with Gasteiger partial charge in [-0.25, -0.2) is 14.8 Å². The number of carboxylic acid groups (broad SMARTS) is 1. The highest BCUT2D eigenvalue weighted by Crippen LogP contribution is 2.25. The van der Waals surface area contributed by atoms with Crippen molar-refractivity contribution in [2.75, 3.05) is 38.8 Å². The summed E-state index contributed by atoms with van der Waals surface area (Å²) in [5.74, 6) is 1.89. The summed E-state index contributed by atoms with van der Waals surface area (Å²) in [6.07, 6.45) is 0.584. The number of ether oxygens (including phenoxy) is 2. The Labute approximate surface area is 255 Å². The summed E-state index contributed by atoms with van der Waals surface area (Å²) in [7, 11) is 3.26. The molecule has 1 N–H and O–H groups in total. The van der Waals surface area contributed by atoms with E-state index in [0.29, 0.717) is 51.0 Å². The maximum atomic E-state index is 15.2. The van der Waals surface area contributed by atoms with Crippen LogP contribution in [-0.2, 0) is 19.6 Å². The second kappa shape index (κ2) is 13.6. The maximum Gasteiger partial charge on any atom is 0.407 e. The first-order valence-electron chi connectivity index (χ1n) is 14.3. The average molecular weight is 602 g/mol. The van der Waals surface area contributed by atoms with Gasteiger partial charge in [-0.05, 0) is 60.9 Å². The number of nitrogens with zero attached hydrogens (tertiary/aromatic N) is 7. The van der Waals surface area contributed by atoms with Crippen LogP contribution in [0.3, 0.4) is 0 Å². The molecule has 1 saturated heterocycles. The van der Waals surface area contributed by atoms with Crippen LogP contribution in [0.2, 0.25) is 0 Å². The summed E-state index contributed by atoms with van der Waals surface area (Å²) in [4.78, 5) is 34.9. The van der Waals surface area contributed by atoms with E-state index in [4.69, 9.17) is 14.5 Å². The predicted octanol–water partition coefficient (Wildman–Crippen LogP) is 4.79. The Morgan fingerprint density at radius 1 is 0.955 bits per heavy atom. The predicted molar refractivity (Wildman–Crippen MR) is 163 cm³/mol. The summed E-state index contributed by atoms with van der Waals surface area (Å²) < 4.78 is 25.9. The number of halogens is 1. The Bertz CT molecular complexity index is 1540. The SMILES string of the molecule is COc1ccc(CN(Cc2ccc(OC)cc2)c2nc(C)nc(-c3cc(CN4CCN(C(=O)O)CC4C)cnc3F)n2)cc1. The van der Waals surface area contributed by atoms with Crippen LogP contribution in [0.15, 0.2) is 60.8 Å². The minimum Gasteiger partial charge on any atom is -0.497 e. The molecule has 2 aromatic carbocycles. The van der Waals surface area contributed by atoms with Gasteiger partial charge in [0.15, 0.2) is 5.82 Å². The number of rotatable bonds is 10. The van der Waals surface area contributed by atoms with Crippen molar-refractivity contribution in [2.45, 2.75) is 39.5 Å². The fraction of sp³-hybridized carbons (Fsp3) is 0.344. The minimum atomic E-state index is -0.920. The molecule has 0 aliphatic carbocycles. The third kappa shape index (κ3) is 7.38. The van der Waals surface area contributed by atoms with E-state index in [0.717, 1.165) is 28.2 Å². The second-order valence-electron chi connectivity index (χ2n) is 10.8. The molecule has 5 rings (SSSR count). The van der Waals surface area contributed by atoms with Crippen LogP contribution in [-0.4, -0.2) is 80.8 Å². The average Bonchev–Trinajstić information content (AvgIpc) is 3.03. The van der Waals surface area contributed by atoms with Gasteiger partial charge in [-0.3, -0.25) is 4.90 Å². The normalized spacial score (nSPS) is 15.2.